The van der Waals surface area contributed by atoms with Gasteiger partial charge in [-0.2, -0.15) is 0 Å². The van der Waals surface area contributed by atoms with Gasteiger partial charge in [0.1, 0.15) is 0 Å². The Morgan fingerprint density at radius 3 is 2.96 bits per heavy atom. The number of halogens is 1. The molecule has 126 valence electrons. The van der Waals surface area contributed by atoms with E-state index in [0.717, 1.165) is 5.56 Å². The second-order valence-corrected chi connectivity index (χ2v) is 6.07. The predicted octanol–water partition coefficient (Wildman–Crippen LogP) is 2.53. The van der Waals surface area contributed by atoms with Gasteiger partial charge < -0.3 is 20.1 Å². The highest BCUT2D eigenvalue weighted by atomic mass is 35.5. The molecule has 1 saturated heterocycles. The lowest BCUT2D eigenvalue weighted by atomic mass is 9.98. The minimum atomic E-state index is -0.856. The molecule has 0 aromatic heterocycles. The summed E-state index contributed by atoms with van der Waals surface area (Å²) in [6, 6.07) is 6.61. The molecule has 2 rings (SSSR count). The molecule has 0 spiro atoms. The fourth-order valence-electron chi connectivity index (χ4n) is 2.71. The van der Waals surface area contributed by atoms with Crippen molar-refractivity contribution in [3.63, 3.8) is 0 Å². The molecule has 0 aliphatic carbocycles. The van der Waals surface area contributed by atoms with Crippen molar-refractivity contribution in [2.45, 2.75) is 18.9 Å². The maximum atomic E-state index is 12.4. The number of carbonyl (C=O) groups excluding carboxylic acids is 1. The number of carbonyl (C=O) groups is 2. The van der Waals surface area contributed by atoms with E-state index in [-0.39, 0.29) is 18.6 Å². The third kappa shape index (κ3) is 4.84. The smallest absolute Gasteiger partial charge is 0.317 e. The predicted molar refractivity (Wildman–Crippen MR) is 86.5 cm³/mol. The molecular formula is C16H21ClN2O4. The largest absolute Gasteiger partial charge is 0.481 e. The molecule has 0 saturated carbocycles. The van der Waals surface area contributed by atoms with Crippen molar-refractivity contribution in [1.82, 2.24) is 10.2 Å². The summed E-state index contributed by atoms with van der Waals surface area (Å²) in [6.07, 6.45) is 1.30. The lowest BCUT2D eigenvalue weighted by Gasteiger charge is -2.32. The molecule has 23 heavy (non-hydrogen) atoms. The number of methoxy groups -OCH3 is 1. The lowest BCUT2D eigenvalue weighted by molar-refractivity contribution is -0.143. The van der Waals surface area contributed by atoms with E-state index in [1.165, 1.54) is 0 Å². The minimum Gasteiger partial charge on any atom is -0.481 e. The highest BCUT2D eigenvalue weighted by Gasteiger charge is 2.29. The number of urea groups is 1. The zero-order chi connectivity index (χ0) is 16.8. The van der Waals surface area contributed by atoms with Gasteiger partial charge in [-0.05, 0) is 30.5 Å². The molecule has 2 amide bonds. The minimum absolute atomic E-state index is 0.233. The van der Waals surface area contributed by atoms with Crippen LogP contribution in [0, 0.1) is 5.92 Å². The third-order valence-corrected chi connectivity index (χ3v) is 4.18. The van der Waals surface area contributed by atoms with E-state index in [4.69, 9.17) is 21.4 Å². The summed E-state index contributed by atoms with van der Waals surface area (Å²) < 4.78 is 5.18. The maximum Gasteiger partial charge on any atom is 0.317 e. The summed E-state index contributed by atoms with van der Waals surface area (Å²) in [6.45, 7) is 1.10. The van der Waals surface area contributed by atoms with E-state index in [1.807, 2.05) is 12.1 Å². The van der Waals surface area contributed by atoms with E-state index in [9.17, 15) is 9.59 Å². The number of amides is 2. The van der Waals surface area contributed by atoms with E-state index in [0.29, 0.717) is 31.0 Å². The zero-order valence-corrected chi connectivity index (χ0v) is 13.8. The van der Waals surface area contributed by atoms with E-state index in [2.05, 4.69) is 5.32 Å². The van der Waals surface area contributed by atoms with Gasteiger partial charge in [0.2, 0.25) is 0 Å². The molecule has 1 heterocycles. The lowest BCUT2D eigenvalue weighted by Crippen LogP contribution is -2.48. The third-order valence-electron chi connectivity index (χ3n) is 3.94. The number of rotatable bonds is 5. The number of nitrogens with one attached hydrogen (secondary N) is 1. The summed E-state index contributed by atoms with van der Waals surface area (Å²) >= 11 is 6.00. The number of hydrogen-bond donors (Lipinski definition) is 2. The first kappa shape index (κ1) is 17.6. The number of aliphatic carboxylic acids is 1. The Labute approximate surface area is 140 Å². The van der Waals surface area contributed by atoms with Crippen molar-refractivity contribution in [3.05, 3.63) is 34.9 Å². The summed E-state index contributed by atoms with van der Waals surface area (Å²) in [5.74, 6) is -1.35. The fourth-order valence-corrected chi connectivity index (χ4v) is 2.91. The van der Waals surface area contributed by atoms with Crippen LogP contribution < -0.4 is 5.32 Å². The van der Waals surface area contributed by atoms with Crippen molar-refractivity contribution < 1.29 is 19.4 Å². The molecule has 1 aromatic carbocycles. The highest BCUT2D eigenvalue weighted by molar-refractivity contribution is 6.30. The highest BCUT2D eigenvalue weighted by Crippen LogP contribution is 2.20. The van der Waals surface area contributed by atoms with Crippen molar-refractivity contribution in [2.24, 2.45) is 5.92 Å². The summed E-state index contributed by atoms with van der Waals surface area (Å²) in [5.41, 5.74) is 0.847. The first-order valence-corrected chi connectivity index (χ1v) is 7.91. The van der Waals surface area contributed by atoms with Gasteiger partial charge >= 0.3 is 12.0 Å². The number of carboxylic acid groups (broad SMARTS) is 1. The first-order chi connectivity index (χ1) is 11.0. The van der Waals surface area contributed by atoms with Crippen molar-refractivity contribution in [3.8, 4) is 0 Å². The van der Waals surface area contributed by atoms with Gasteiger partial charge in [-0.25, -0.2) is 4.79 Å². The number of carboxylic acids is 1. The van der Waals surface area contributed by atoms with Crippen LogP contribution in [0.25, 0.3) is 0 Å². The van der Waals surface area contributed by atoms with Crippen molar-refractivity contribution >= 4 is 23.6 Å². The molecule has 7 heteroatoms. The average Bonchev–Trinajstić information content (AvgIpc) is 2.54. The standard InChI is InChI=1S/C16H21ClN2O4/c1-23-10-14(11-4-2-6-13(17)8-11)18-16(22)19-7-3-5-12(9-19)15(20)21/h2,4,6,8,12,14H,3,5,7,9-10H2,1H3,(H,18,22)(H,20,21). The van der Waals surface area contributed by atoms with Gasteiger partial charge in [0.05, 0.1) is 18.6 Å². The average molecular weight is 341 g/mol. The summed E-state index contributed by atoms with van der Waals surface area (Å²) in [7, 11) is 1.56. The van der Waals surface area contributed by atoms with Crippen LogP contribution in [0.1, 0.15) is 24.4 Å². The number of likely N-dealkylation sites (tertiary alicyclic amines) is 1. The van der Waals surface area contributed by atoms with Crippen LogP contribution in [-0.4, -0.2) is 48.8 Å². The van der Waals surface area contributed by atoms with Crippen LogP contribution in [0.2, 0.25) is 5.02 Å². The summed E-state index contributed by atoms with van der Waals surface area (Å²) in [5, 5.41) is 12.6. The zero-order valence-electron chi connectivity index (χ0n) is 13.0. The van der Waals surface area contributed by atoms with Crippen molar-refractivity contribution in [1.29, 1.82) is 0 Å². The number of nitrogens with zero attached hydrogens (tertiary/aromatic N) is 1. The molecule has 1 aromatic rings. The molecule has 1 fully saturated rings. The molecule has 2 atom stereocenters. The van der Waals surface area contributed by atoms with Crippen LogP contribution in [0.5, 0.6) is 0 Å². The van der Waals surface area contributed by atoms with Crippen LogP contribution in [0.3, 0.4) is 0 Å². The van der Waals surface area contributed by atoms with Gasteiger partial charge in [-0.1, -0.05) is 23.7 Å². The van der Waals surface area contributed by atoms with Crippen LogP contribution in [0.4, 0.5) is 4.79 Å². The summed E-state index contributed by atoms with van der Waals surface area (Å²) in [4.78, 5) is 25.1. The van der Waals surface area contributed by atoms with E-state index < -0.39 is 11.9 Å². The first-order valence-electron chi connectivity index (χ1n) is 7.54. The molecule has 1 aliphatic heterocycles. The second-order valence-electron chi connectivity index (χ2n) is 5.64. The molecule has 6 nitrogen and oxygen atoms in total. The Morgan fingerprint density at radius 2 is 2.30 bits per heavy atom. The molecule has 0 bridgehead atoms. The monoisotopic (exact) mass is 340 g/mol. The van der Waals surface area contributed by atoms with Gasteiger partial charge in [0.15, 0.2) is 0 Å². The van der Waals surface area contributed by atoms with Crippen molar-refractivity contribution in [2.75, 3.05) is 26.8 Å². The Kier molecular flexibility index (Phi) is 6.24. The SMILES string of the molecule is COCC(NC(=O)N1CCCC(C(=O)O)C1)c1cccc(Cl)c1. The Bertz CT molecular complexity index is 567. The van der Waals surface area contributed by atoms with Crippen LogP contribution in [0.15, 0.2) is 24.3 Å². The Hall–Kier alpha value is -1.79. The van der Waals surface area contributed by atoms with Gasteiger partial charge in [-0.15, -0.1) is 0 Å². The molecular weight excluding hydrogens is 320 g/mol. The van der Waals surface area contributed by atoms with Gasteiger partial charge in [0.25, 0.3) is 0 Å². The maximum absolute atomic E-state index is 12.4. The van der Waals surface area contributed by atoms with E-state index >= 15 is 0 Å². The Morgan fingerprint density at radius 1 is 1.52 bits per heavy atom. The van der Waals surface area contributed by atoms with Gasteiger partial charge in [-0.3, -0.25) is 4.79 Å². The number of piperidine rings is 1. The second kappa shape index (κ2) is 8.17. The van der Waals surface area contributed by atoms with Crippen LogP contribution in [-0.2, 0) is 9.53 Å². The number of ether oxygens (including phenoxy) is 1. The topological polar surface area (TPSA) is 78.9 Å². The Balaban J connectivity index is 2.04. The molecule has 1 aliphatic rings. The normalized spacial score (nSPS) is 19.2. The number of benzene rings is 1. The molecule has 0 radical (unpaired) electrons. The molecule has 2 N–H and O–H groups in total. The number of hydrogen-bond acceptors (Lipinski definition) is 3. The van der Waals surface area contributed by atoms with Gasteiger partial charge in [0, 0.05) is 25.2 Å². The fraction of sp³-hybridized carbons (Fsp3) is 0.500. The van der Waals surface area contributed by atoms with E-state index in [1.54, 1.807) is 24.1 Å². The molecule has 2 unspecified atom stereocenters. The van der Waals surface area contributed by atoms with Crippen LogP contribution >= 0.6 is 11.6 Å². The quantitative estimate of drug-likeness (QED) is 0.863.